The van der Waals surface area contributed by atoms with Crippen LogP contribution in [0.1, 0.15) is 11.1 Å². The fraction of sp³-hybridized carbons (Fsp3) is 0.222. The highest BCUT2D eigenvalue weighted by molar-refractivity contribution is 7.89. The highest BCUT2D eigenvalue weighted by atomic mass is 32.2. The van der Waals surface area contributed by atoms with Crippen LogP contribution < -0.4 is 9.88 Å². The molecule has 0 saturated heterocycles. The van der Waals surface area contributed by atoms with Crippen molar-refractivity contribution in [1.29, 1.82) is 5.26 Å². The van der Waals surface area contributed by atoms with E-state index in [4.69, 9.17) is 15.1 Å². The van der Waals surface area contributed by atoms with Crippen molar-refractivity contribution >= 4 is 10.0 Å². The number of benzene rings is 1. The highest BCUT2D eigenvalue weighted by Gasteiger charge is 2.14. The van der Waals surface area contributed by atoms with E-state index in [1.54, 1.807) is 6.92 Å². The van der Waals surface area contributed by atoms with Gasteiger partial charge in [0.15, 0.2) is 0 Å². The van der Waals surface area contributed by atoms with E-state index in [0.29, 0.717) is 11.3 Å². The van der Waals surface area contributed by atoms with Gasteiger partial charge in [-0.2, -0.15) is 5.26 Å². The molecule has 0 unspecified atom stereocenters. The van der Waals surface area contributed by atoms with E-state index in [2.05, 4.69) is 0 Å². The zero-order valence-electron chi connectivity index (χ0n) is 8.31. The quantitative estimate of drug-likeness (QED) is 0.795. The Bertz CT molecular complexity index is 529. The van der Waals surface area contributed by atoms with E-state index in [0.717, 1.165) is 0 Å². The summed E-state index contributed by atoms with van der Waals surface area (Å²) in [5.74, 6) is 0.332. The number of nitriles is 1. The molecule has 15 heavy (non-hydrogen) atoms. The molecule has 0 fully saturated rings. The number of nitrogens with two attached hydrogens (primary N) is 1. The van der Waals surface area contributed by atoms with Crippen LogP contribution in [0.5, 0.6) is 5.75 Å². The van der Waals surface area contributed by atoms with E-state index in [1.165, 1.54) is 19.2 Å². The van der Waals surface area contributed by atoms with Crippen molar-refractivity contribution < 1.29 is 13.2 Å². The molecular formula is C9H10N2O3S. The van der Waals surface area contributed by atoms with E-state index in [9.17, 15) is 8.42 Å². The fourth-order valence-electron chi connectivity index (χ4n) is 1.15. The minimum Gasteiger partial charge on any atom is -0.496 e. The second kappa shape index (κ2) is 3.88. The molecule has 0 aliphatic heterocycles. The van der Waals surface area contributed by atoms with Crippen molar-refractivity contribution in [2.45, 2.75) is 11.8 Å². The van der Waals surface area contributed by atoms with Gasteiger partial charge < -0.3 is 4.74 Å². The van der Waals surface area contributed by atoms with Crippen molar-refractivity contribution in [2.24, 2.45) is 5.14 Å². The first-order chi connectivity index (χ1) is 6.90. The topological polar surface area (TPSA) is 93.2 Å². The summed E-state index contributed by atoms with van der Waals surface area (Å²) < 4.78 is 27.1. The van der Waals surface area contributed by atoms with Crippen LogP contribution in [0.3, 0.4) is 0 Å². The summed E-state index contributed by atoms with van der Waals surface area (Å²) in [5.41, 5.74) is 0.825. The summed E-state index contributed by atoms with van der Waals surface area (Å²) in [6.45, 7) is 1.67. The lowest BCUT2D eigenvalue weighted by Gasteiger charge is -2.08. The van der Waals surface area contributed by atoms with Crippen molar-refractivity contribution in [1.82, 2.24) is 0 Å². The zero-order chi connectivity index (χ0) is 11.6. The summed E-state index contributed by atoms with van der Waals surface area (Å²) >= 11 is 0. The third-order valence-electron chi connectivity index (χ3n) is 2.00. The molecule has 0 atom stereocenters. The predicted molar refractivity (Wildman–Crippen MR) is 53.8 cm³/mol. The third kappa shape index (κ3) is 2.26. The Morgan fingerprint density at radius 3 is 2.47 bits per heavy atom. The average Bonchev–Trinajstić information content (AvgIpc) is 2.16. The Balaban J connectivity index is 3.56. The minimum atomic E-state index is -3.82. The maximum atomic E-state index is 11.1. The highest BCUT2D eigenvalue weighted by Crippen LogP contribution is 2.25. The fourth-order valence-corrected chi connectivity index (χ4v) is 1.71. The number of methoxy groups -OCH3 is 1. The zero-order valence-corrected chi connectivity index (χ0v) is 9.13. The van der Waals surface area contributed by atoms with Gasteiger partial charge in [0.25, 0.3) is 0 Å². The molecule has 0 aliphatic carbocycles. The van der Waals surface area contributed by atoms with Gasteiger partial charge in [-0.15, -0.1) is 0 Å². The molecule has 0 aromatic heterocycles. The summed E-state index contributed by atoms with van der Waals surface area (Å²) in [7, 11) is -2.42. The van der Waals surface area contributed by atoms with Crippen LogP contribution in [-0.2, 0) is 10.0 Å². The van der Waals surface area contributed by atoms with E-state index >= 15 is 0 Å². The molecule has 0 bridgehead atoms. The Labute approximate surface area is 88.1 Å². The van der Waals surface area contributed by atoms with Gasteiger partial charge in [0, 0.05) is 11.6 Å². The molecule has 0 radical (unpaired) electrons. The van der Waals surface area contributed by atoms with Gasteiger partial charge in [-0.25, -0.2) is 13.6 Å². The van der Waals surface area contributed by atoms with Gasteiger partial charge >= 0.3 is 0 Å². The number of primary sulfonamides is 1. The molecule has 1 aromatic rings. The molecular weight excluding hydrogens is 216 g/mol. The molecule has 0 aliphatic rings. The Morgan fingerprint density at radius 1 is 1.47 bits per heavy atom. The van der Waals surface area contributed by atoms with Crippen LogP contribution >= 0.6 is 0 Å². The van der Waals surface area contributed by atoms with Crippen molar-refractivity contribution in [2.75, 3.05) is 7.11 Å². The Hall–Kier alpha value is -1.58. The van der Waals surface area contributed by atoms with Gasteiger partial charge in [-0.1, -0.05) is 0 Å². The second-order valence-electron chi connectivity index (χ2n) is 2.95. The van der Waals surface area contributed by atoms with Gasteiger partial charge in [-0.05, 0) is 13.0 Å². The summed E-state index contributed by atoms with van der Waals surface area (Å²) in [5, 5.41) is 13.7. The van der Waals surface area contributed by atoms with E-state index < -0.39 is 10.0 Å². The van der Waals surface area contributed by atoms with Gasteiger partial charge in [0.05, 0.1) is 23.6 Å². The number of sulfonamides is 1. The van der Waals surface area contributed by atoms with Crippen LogP contribution in [0.15, 0.2) is 17.0 Å². The minimum absolute atomic E-state index is 0.124. The van der Waals surface area contributed by atoms with Crippen LogP contribution in [0.25, 0.3) is 0 Å². The molecule has 0 amide bonds. The number of hydrogen-bond acceptors (Lipinski definition) is 4. The Morgan fingerprint density at radius 2 is 2.07 bits per heavy atom. The van der Waals surface area contributed by atoms with Crippen LogP contribution in [0.2, 0.25) is 0 Å². The second-order valence-corrected chi connectivity index (χ2v) is 4.52. The normalized spacial score (nSPS) is 10.8. The molecule has 1 aromatic carbocycles. The first-order valence-corrected chi connectivity index (χ1v) is 5.56. The summed E-state index contributed by atoms with van der Waals surface area (Å²) in [4.78, 5) is -0.124. The first kappa shape index (κ1) is 11.5. The van der Waals surface area contributed by atoms with E-state index in [1.807, 2.05) is 6.07 Å². The van der Waals surface area contributed by atoms with Crippen molar-refractivity contribution in [3.63, 3.8) is 0 Å². The molecule has 0 heterocycles. The Kier molecular flexibility index (Phi) is 2.98. The lowest BCUT2D eigenvalue weighted by atomic mass is 10.1. The smallest absolute Gasteiger partial charge is 0.238 e. The molecule has 80 valence electrons. The number of ether oxygens (including phenoxy) is 1. The molecule has 5 nitrogen and oxygen atoms in total. The van der Waals surface area contributed by atoms with Gasteiger partial charge in [-0.3, -0.25) is 0 Å². The largest absolute Gasteiger partial charge is 0.496 e. The summed E-state index contributed by atoms with van der Waals surface area (Å²) in [6, 6.07) is 4.41. The van der Waals surface area contributed by atoms with Crippen molar-refractivity contribution in [3.05, 3.63) is 23.3 Å². The predicted octanol–water partition coefficient (Wildman–Crippen LogP) is 0.523. The standard InChI is InChI=1S/C9H10N2O3S/c1-6-7(5-10)3-8(15(11,12)13)4-9(6)14-2/h3-4H,1-2H3,(H2,11,12,13). The maximum absolute atomic E-state index is 11.1. The van der Waals surface area contributed by atoms with E-state index in [-0.39, 0.29) is 10.5 Å². The maximum Gasteiger partial charge on any atom is 0.238 e. The molecule has 0 spiro atoms. The van der Waals surface area contributed by atoms with Crippen LogP contribution in [0, 0.1) is 18.3 Å². The lowest BCUT2D eigenvalue weighted by molar-refractivity contribution is 0.410. The SMILES string of the molecule is COc1cc(S(N)(=O)=O)cc(C#N)c1C. The number of rotatable bonds is 2. The molecule has 6 heteroatoms. The monoisotopic (exact) mass is 226 g/mol. The third-order valence-corrected chi connectivity index (χ3v) is 2.90. The number of hydrogen-bond donors (Lipinski definition) is 1. The van der Waals surface area contributed by atoms with Crippen molar-refractivity contribution in [3.8, 4) is 11.8 Å². The average molecular weight is 226 g/mol. The summed E-state index contributed by atoms with van der Waals surface area (Å²) in [6.07, 6.45) is 0. The lowest BCUT2D eigenvalue weighted by Crippen LogP contribution is -2.12. The molecule has 0 saturated carbocycles. The molecule has 2 N–H and O–H groups in total. The van der Waals surface area contributed by atoms with Crippen LogP contribution in [0.4, 0.5) is 0 Å². The molecule has 1 rings (SSSR count). The van der Waals surface area contributed by atoms with Gasteiger partial charge in [0.1, 0.15) is 5.75 Å². The first-order valence-electron chi connectivity index (χ1n) is 4.01. The number of nitrogens with zero attached hydrogens (tertiary/aromatic N) is 1. The van der Waals surface area contributed by atoms with Crippen LogP contribution in [-0.4, -0.2) is 15.5 Å². The van der Waals surface area contributed by atoms with Gasteiger partial charge in [0.2, 0.25) is 10.0 Å².